The Labute approximate surface area is 215 Å². The highest BCUT2D eigenvalue weighted by Gasteiger charge is 2.55. The molecule has 0 radical (unpaired) electrons. The number of piperidine rings is 1. The first-order chi connectivity index (χ1) is 17.8. The minimum atomic E-state index is -4.76. The molecule has 2 aromatic heterocycles. The van der Waals surface area contributed by atoms with E-state index in [1.54, 1.807) is 21.9 Å². The van der Waals surface area contributed by atoms with Crippen molar-refractivity contribution in [3.05, 3.63) is 82.4 Å². The standard InChI is InChI=1S/C27H25F3N4O2S/c28-27(29,30)36-20-3-1-2-17(9-20)11-34(26(35)25-15-37-16-32-25)14-23-21-12-33(13-22(21)23)10-18-4-5-24-19(8-18)6-7-31-24/h1-9,15-16,21-23,31H,10-14H2. The highest BCUT2D eigenvalue weighted by molar-refractivity contribution is 7.07. The second kappa shape index (κ2) is 9.50. The number of alkyl halides is 3. The van der Waals surface area contributed by atoms with Crippen LogP contribution in [0.2, 0.25) is 0 Å². The number of amides is 1. The quantitative estimate of drug-likeness (QED) is 0.327. The maximum absolute atomic E-state index is 13.2. The number of carbonyl (C=O) groups is 1. The first kappa shape index (κ1) is 24.0. The second-order valence-corrected chi connectivity index (χ2v) is 10.6. The van der Waals surface area contributed by atoms with Crippen LogP contribution in [0.3, 0.4) is 0 Å². The largest absolute Gasteiger partial charge is 0.573 e. The Morgan fingerprint density at radius 3 is 2.73 bits per heavy atom. The molecule has 0 spiro atoms. The summed E-state index contributed by atoms with van der Waals surface area (Å²) >= 11 is 1.34. The molecule has 0 bridgehead atoms. The summed E-state index contributed by atoms with van der Waals surface area (Å²) in [6, 6.07) is 14.4. The van der Waals surface area contributed by atoms with Crippen LogP contribution in [-0.2, 0) is 13.1 Å². The molecule has 2 aliphatic rings. The molecular weight excluding hydrogens is 501 g/mol. The van der Waals surface area contributed by atoms with Crippen molar-refractivity contribution in [1.29, 1.82) is 0 Å². The van der Waals surface area contributed by atoms with Crippen LogP contribution in [0.15, 0.2) is 65.6 Å². The summed E-state index contributed by atoms with van der Waals surface area (Å²) < 4.78 is 42.1. The van der Waals surface area contributed by atoms with Crippen LogP contribution >= 0.6 is 11.3 Å². The van der Waals surface area contributed by atoms with Crippen LogP contribution in [0.1, 0.15) is 21.6 Å². The predicted octanol–water partition coefficient (Wildman–Crippen LogP) is 5.54. The number of aromatic nitrogens is 2. The van der Waals surface area contributed by atoms with Gasteiger partial charge in [0.05, 0.1) is 5.51 Å². The molecule has 1 aliphatic carbocycles. The number of hydrogen-bond donors (Lipinski definition) is 1. The van der Waals surface area contributed by atoms with E-state index in [-0.39, 0.29) is 18.2 Å². The van der Waals surface area contributed by atoms with E-state index in [1.165, 1.54) is 40.5 Å². The summed E-state index contributed by atoms with van der Waals surface area (Å²) in [7, 11) is 0. The van der Waals surface area contributed by atoms with Gasteiger partial charge in [0.2, 0.25) is 0 Å². The first-order valence-electron chi connectivity index (χ1n) is 12.1. The van der Waals surface area contributed by atoms with Gasteiger partial charge in [0, 0.05) is 49.8 Å². The molecule has 2 fully saturated rings. The molecule has 1 amide bonds. The van der Waals surface area contributed by atoms with Gasteiger partial charge in [-0.15, -0.1) is 24.5 Å². The van der Waals surface area contributed by atoms with E-state index in [0.29, 0.717) is 35.6 Å². The van der Waals surface area contributed by atoms with Gasteiger partial charge >= 0.3 is 6.36 Å². The number of benzene rings is 2. The predicted molar refractivity (Wildman–Crippen MR) is 134 cm³/mol. The van der Waals surface area contributed by atoms with Crippen LogP contribution in [0.5, 0.6) is 5.75 Å². The number of nitrogens with zero attached hydrogens (tertiary/aromatic N) is 3. The van der Waals surface area contributed by atoms with E-state index >= 15 is 0 Å². The molecule has 1 saturated carbocycles. The number of rotatable bonds is 8. The Kier molecular flexibility index (Phi) is 6.16. The van der Waals surface area contributed by atoms with Crippen LogP contribution in [0, 0.1) is 17.8 Å². The third-order valence-corrected chi connectivity index (χ3v) is 7.93. The minimum absolute atomic E-state index is 0.196. The molecule has 1 aliphatic heterocycles. The lowest BCUT2D eigenvalue weighted by Gasteiger charge is -2.25. The SMILES string of the molecule is O=C(c1cscn1)N(Cc1cccc(OC(F)(F)F)c1)CC1C2CN(Cc3ccc4[nH]ccc4c3)CC21. The van der Waals surface area contributed by atoms with E-state index in [9.17, 15) is 18.0 Å². The maximum Gasteiger partial charge on any atom is 0.573 e. The number of thiazole rings is 1. The number of H-pyrrole nitrogens is 1. The van der Waals surface area contributed by atoms with Gasteiger partial charge in [-0.05, 0) is 64.6 Å². The van der Waals surface area contributed by atoms with Crippen LogP contribution in [0.25, 0.3) is 10.9 Å². The summed E-state index contributed by atoms with van der Waals surface area (Å²) in [5, 5.41) is 2.91. The molecule has 2 unspecified atom stereocenters. The summed E-state index contributed by atoms with van der Waals surface area (Å²) in [6.45, 7) is 3.61. The molecule has 4 aromatic rings. The van der Waals surface area contributed by atoms with E-state index < -0.39 is 6.36 Å². The Hall–Kier alpha value is -3.37. The van der Waals surface area contributed by atoms with E-state index in [4.69, 9.17) is 0 Å². The second-order valence-electron chi connectivity index (χ2n) is 9.84. The number of halogens is 3. The summed E-state index contributed by atoms with van der Waals surface area (Å²) in [5.41, 5.74) is 4.97. The van der Waals surface area contributed by atoms with Crippen molar-refractivity contribution in [3.8, 4) is 5.75 Å². The van der Waals surface area contributed by atoms with Crippen LogP contribution < -0.4 is 4.74 Å². The minimum Gasteiger partial charge on any atom is -0.406 e. The fourth-order valence-corrected chi connectivity index (χ4v) is 6.14. The van der Waals surface area contributed by atoms with Gasteiger partial charge < -0.3 is 14.6 Å². The summed E-state index contributed by atoms with van der Waals surface area (Å²) in [6.07, 6.45) is -2.82. The lowest BCUT2D eigenvalue weighted by molar-refractivity contribution is -0.274. The smallest absolute Gasteiger partial charge is 0.406 e. The monoisotopic (exact) mass is 526 g/mol. The van der Waals surface area contributed by atoms with Gasteiger partial charge in [-0.25, -0.2) is 4.98 Å². The van der Waals surface area contributed by atoms with Crippen molar-refractivity contribution in [2.75, 3.05) is 19.6 Å². The lowest BCUT2D eigenvalue weighted by atomic mass is 10.1. The number of likely N-dealkylation sites (tertiary alicyclic amines) is 1. The first-order valence-corrected chi connectivity index (χ1v) is 13.1. The Balaban J connectivity index is 1.11. The van der Waals surface area contributed by atoms with Gasteiger partial charge in [-0.1, -0.05) is 18.2 Å². The number of ether oxygens (including phenoxy) is 1. The molecule has 2 aromatic carbocycles. The fourth-order valence-electron chi connectivity index (χ4n) is 5.61. The normalized spacial score (nSPS) is 21.2. The molecule has 37 heavy (non-hydrogen) atoms. The van der Waals surface area contributed by atoms with Gasteiger partial charge in [0.1, 0.15) is 11.4 Å². The third kappa shape index (κ3) is 5.35. The van der Waals surface area contributed by atoms with E-state index in [1.807, 2.05) is 6.20 Å². The van der Waals surface area contributed by atoms with Gasteiger partial charge in [-0.3, -0.25) is 9.69 Å². The zero-order valence-electron chi connectivity index (χ0n) is 19.8. The molecule has 6 rings (SSSR count). The molecule has 3 heterocycles. The van der Waals surface area contributed by atoms with Crippen molar-refractivity contribution in [2.45, 2.75) is 19.5 Å². The average molecular weight is 527 g/mol. The Morgan fingerprint density at radius 2 is 1.97 bits per heavy atom. The molecule has 6 nitrogen and oxygen atoms in total. The summed E-state index contributed by atoms with van der Waals surface area (Å²) in [5.74, 6) is 0.914. The number of carbonyl (C=O) groups excluding carboxylic acids is 1. The third-order valence-electron chi connectivity index (χ3n) is 7.35. The molecule has 10 heteroatoms. The Morgan fingerprint density at radius 1 is 1.14 bits per heavy atom. The topological polar surface area (TPSA) is 61.5 Å². The highest BCUT2D eigenvalue weighted by Crippen LogP contribution is 2.52. The zero-order valence-corrected chi connectivity index (χ0v) is 20.6. The van der Waals surface area contributed by atoms with Gasteiger partial charge in [0.25, 0.3) is 5.91 Å². The lowest BCUT2D eigenvalue weighted by Crippen LogP contribution is -2.35. The average Bonchev–Trinajstić information content (AvgIpc) is 3.38. The van der Waals surface area contributed by atoms with E-state index in [0.717, 1.165) is 25.2 Å². The van der Waals surface area contributed by atoms with Crippen molar-refractivity contribution in [2.24, 2.45) is 17.8 Å². The number of hydrogen-bond acceptors (Lipinski definition) is 5. The highest BCUT2D eigenvalue weighted by atomic mass is 32.1. The number of fused-ring (bicyclic) bond motifs is 2. The summed E-state index contributed by atoms with van der Waals surface area (Å²) in [4.78, 5) is 24.8. The molecule has 192 valence electrons. The van der Waals surface area contributed by atoms with Crippen LogP contribution in [-0.4, -0.2) is 51.7 Å². The van der Waals surface area contributed by atoms with Crippen molar-refractivity contribution < 1.29 is 22.7 Å². The van der Waals surface area contributed by atoms with Crippen LogP contribution in [0.4, 0.5) is 13.2 Å². The maximum atomic E-state index is 13.2. The Bertz CT molecular complexity index is 1390. The van der Waals surface area contributed by atoms with E-state index in [2.05, 4.69) is 43.9 Å². The number of aromatic amines is 1. The number of nitrogens with one attached hydrogen (secondary N) is 1. The van der Waals surface area contributed by atoms with Crippen molar-refractivity contribution >= 4 is 28.1 Å². The molecular formula is C27H25F3N4O2S. The van der Waals surface area contributed by atoms with Crippen molar-refractivity contribution in [3.63, 3.8) is 0 Å². The van der Waals surface area contributed by atoms with Crippen molar-refractivity contribution in [1.82, 2.24) is 19.8 Å². The molecule has 2 atom stereocenters. The molecule has 1 saturated heterocycles. The van der Waals surface area contributed by atoms with Gasteiger partial charge in [0.15, 0.2) is 0 Å². The molecule has 1 N–H and O–H groups in total. The zero-order chi connectivity index (χ0) is 25.6. The van der Waals surface area contributed by atoms with Gasteiger partial charge in [-0.2, -0.15) is 0 Å². The fraction of sp³-hybridized carbons (Fsp3) is 0.333.